The summed E-state index contributed by atoms with van der Waals surface area (Å²) in [7, 11) is 1.13. The van der Waals surface area contributed by atoms with Crippen LogP contribution in [0.1, 0.15) is 61.8 Å². The molecule has 48 heavy (non-hydrogen) atoms. The number of nitro benzene ring substituents is 1. The fourth-order valence-corrected chi connectivity index (χ4v) is 5.55. The van der Waals surface area contributed by atoms with Gasteiger partial charge in [0.25, 0.3) is 5.69 Å². The molecule has 1 aliphatic rings. The third-order valence-electron chi connectivity index (χ3n) is 7.57. The van der Waals surface area contributed by atoms with E-state index < -0.39 is 35.0 Å². The summed E-state index contributed by atoms with van der Waals surface area (Å²) in [6.45, 7) is 12.1. The predicted molar refractivity (Wildman–Crippen MR) is 177 cm³/mol. The Bertz CT molecular complexity index is 1600. The van der Waals surface area contributed by atoms with Gasteiger partial charge in [-0.1, -0.05) is 17.7 Å². The first-order chi connectivity index (χ1) is 22.8. The Hall–Kier alpha value is -4.93. The second-order valence-electron chi connectivity index (χ2n) is 11.9. The Morgan fingerprint density at radius 3 is 2.35 bits per heavy atom. The number of aryl methyl sites for hydroxylation is 3. The minimum absolute atomic E-state index is 0.00659. The van der Waals surface area contributed by atoms with E-state index in [4.69, 9.17) is 18.9 Å². The summed E-state index contributed by atoms with van der Waals surface area (Å²) >= 11 is 0. The van der Waals surface area contributed by atoms with E-state index in [9.17, 15) is 30.1 Å². The smallest absolute Gasteiger partial charge is 0.337 e. The topological polar surface area (TPSA) is 182 Å². The first-order valence-electron chi connectivity index (χ1n) is 15.7. The van der Waals surface area contributed by atoms with E-state index in [-0.39, 0.29) is 52.8 Å². The standard InChI is InChI=1S/C35H44N4O9/c1-20(2)48-35(42)30-24(6)38-28(17-36)32(34(41)45-7)31(30)27-16-25(39(43)44)10-11-29(27)46-13-9-8-12-37-18-26(40)19-47-33-22(4)14-21(3)15-23(33)5/h10-11,14-16,20,26,31,37-38,40H,8-9,12-13,18-19H2,1-7H3. The molecule has 13 heteroatoms. The second kappa shape index (κ2) is 17.3. The van der Waals surface area contributed by atoms with Gasteiger partial charge in [-0.3, -0.25) is 10.1 Å². The van der Waals surface area contributed by atoms with E-state index >= 15 is 0 Å². The maximum absolute atomic E-state index is 13.4. The highest BCUT2D eigenvalue weighted by Gasteiger charge is 2.41. The van der Waals surface area contributed by atoms with Crippen molar-refractivity contribution in [1.82, 2.24) is 10.6 Å². The average molecular weight is 665 g/mol. The van der Waals surface area contributed by atoms with Crippen molar-refractivity contribution in [2.75, 3.05) is 33.4 Å². The highest BCUT2D eigenvalue weighted by molar-refractivity contribution is 6.00. The van der Waals surface area contributed by atoms with Gasteiger partial charge in [0.15, 0.2) is 0 Å². The zero-order chi connectivity index (χ0) is 35.5. The molecule has 3 rings (SSSR count). The number of hydrogen-bond donors (Lipinski definition) is 3. The number of ether oxygens (including phenoxy) is 4. The second-order valence-corrected chi connectivity index (χ2v) is 11.9. The summed E-state index contributed by atoms with van der Waals surface area (Å²) < 4.78 is 22.4. The molecule has 0 saturated carbocycles. The molecule has 0 aliphatic carbocycles. The van der Waals surface area contributed by atoms with Crippen LogP contribution in [0.2, 0.25) is 0 Å². The number of non-ortho nitro benzene ring substituents is 1. The molecule has 2 atom stereocenters. The lowest BCUT2D eigenvalue weighted by Gasteiger charge is -2.30. The monoisotopic (exact) mass is 664 g/mol. The van der Waals surface area contributed by atoms with Crippen molar-refractivity contribution < 1.29 is 38.6 Å². The van der Waals surface area contributed by atoms with Crippen molar-refractivity contribution in [3.8, 4) is 17.6 Å². The van der Waals surface area contributed by atoms with Gasteiger partial charge in [0.2, 0.25) is 0 Å². The summed E-state index contributed by atoms with van der Waals surface area (Å²) in [5, 5.41) is 38.1. The minimum Gasteiger partial charge on any atom is -0.493 e. The van der Waals surface area contributed by atoms with Crippen molar-refractivity contribution in [1.29, 1.82) is 5.26 Å². The van der Waals surface area contributed by atoms with Gasteiger partial charge in [-0.15, -0.1) is 0 Å². The number of aliphatic hydroxyl groups is 1. The van der Waals surface area contributed by atoms with E-state index in [1.807, 2.05) is 39.0 Å². The van der Waals surface area contributed by atoms with Crippen LogP contribution in [0.4, 0.5) is 5.69 Å². The molecule has 3 N–H and O–H groups in total. The fourth-order valence-electron chi connectivity index (χ4n) is 5.55. The molecule has 258 valence electrons. The summed E-state index contributed by atoms with van der Waals surface area (Å²) in [5.74, 6) is -1.95. The zero-order valence-electron chi connectivity index (χ0n) is 28.5. The highest BCUT2D eigenvalue weighted by Crippen LogP contribution is 2.44. The third kappa shape index (κ3) is 9.56. The number of aliphatic hydroxyl groups excluding tert-OH is 1. The summed E-state index contributed by atoms with van der Waals surface area (Å²) in [6, 6.07) is 9.91. The number of carbonyl (C=O) groups is 2. The molecule has 1 heterocycles. The molecule has 0 bridgehead atoms. The number of hydrogen-bond acceptors (Lipinski definition) is 12. The molecule has 0 spiro atoms. The number of nitriles is 1. The van der Waals surface area contributed by atoms with Crippen LogP contribution in [-0.4, -0.2) is 67.6 Å². The Balaban J connectivity index is 1.72. The first-order valence-corrected chi connectivity index (χ1v) is 15.7. The fraction of sp³-hybridized carbons (Fsp3) is 0.457. The number of esters is 2. The van der Waals surface area contributed by atoms with Gasteiger partial charge in [-0.05, 0) is 78.1 Å². The molecule has 2 aromatic rings. The molecular formula is C35H44N4O9. The van der Waals surface area contributed by atoms with E-state index in [0.717, 1.165) is 29.5 Å². The van der Waals surface area contributed by atoms with Crippen molar-refractivity contribution >= 4 is 17.6 Å². The van der Waals surface area contributed by atoms with Crippen molar-refractivity contribution in [2.24, 2.45) is 0 Å². The molecule has 1 aliphatic heterocycles. The lowest BCUT2D eigenvalue weighted by molar-refractivity contribution is -0.384. The largest absolute Gasteiger partial charge is 0.493 e. The Labute approximate surface area is 280 Å². The summed E-state index contributed by atoms with van der Waals surface area (Å²) in [6.07, 6.45) is 0.0316. The lowest BCUT2D eigenvalue weighted by Crippen LogP contribution is -2.33. The molecule has 0 aromatic heterocycles. The van der Waals surface area contributed by atoms with Crippen molar-refractivity contribution in [3.05, 3.63) is 85.2 Å². The van der Waals surface area contributed by atoms with Crippen LogP contribution in [0.25, 0.3) is 0 Å². The number of nitrogens with zero attached hydrogens (tertiary/aromatic N) is 2. The van der Waals surface area contributed by atoms with Gasteiger partial charge in [0.05, 0.1) is 41.8 Å². The van der Waals surface area contributed by atoms with Crippen LogP contribution < -0.4 is 20.1 Å². The molecule has 2 unspecified atom stereocenters. The van der Waals surface area contributed by atoms with E-state index in [0.29, 0.717) is 25.9 Å². The van der Waals surface area contributed by atoms with Crippen LogP contribution in [0.3, 0.4) is 0 Å². The summed E-state index contributed by atoms with van der Waals surface area (Å²) in [4.78, 5) is 37.6. The third-order valence-corrected chi connectivity index (χ3v) is 7.57. The van der Waals surface area contributed by atoms with Crippen LogP contribution in [0.5, 0.6) is 11.5 Å². The molecule has 0 fully saturated rings. The predicted octanol–water partition coefficient (Wildman–Crippen LogP) is 4.57. The SMILES string of the molecule is COC(=O)C1=C(C#N)NC(C)=C(C(=O)OC(C)C)C1c1cc([N+](=O)[O-])ccc1OCCCCNCC(O)COc1c(C)cc(C)cc1C. The zero-order valence-corrected chi connectivity index (χ0v) is 28.5. The van der Waals surface area contributed by atoms with Crippen molar-refractivity contribution in [3.63, 3.8) is 0 Å². The minimum atomic E-state index is -1.26. The molecule has 2 aromatic carbocycles. The Kier molecular flexibility index (Phi) is 13.5. The number of nitro groups is 1. The first kappa shape index (κ1) is 37.5. The molecular weight excluding hydrogens is 620 g/mol. The van der Waals surface area contributed by atoms with Gasteiger partial charge in [0, 0.05) is 29.9 Å². The van der Waals surface area contributed by atoms with Gasteiger partial charge < -0.3 is 34.7 Å². The Morgan fingerprint density at radius 1 is 1.06 bits per heavy atom. The van der Waals surface area contributed by atoms with Gasteiger partial charge in [-0.25, -0.2) is 9.59 Å². The number of methoxy groups -OCH3 is 1. The number of nitrogens with one attached hydrogen (secondary N) is 2. The van der Waals surface area contributed by atoms with E-state index in [1.165, 1.54) is 18.2 Å². The van der Waals surface area contributed by atoms with Crippen LogP contribution >= 0.6 is 0 Å². The quantitative estimate of drug-likeness (QED) is 0.0985. The Morgan fingerprint density at radius 2 is 1.75 bits per heavy atom. The van der Waals surface area contributed by atoms with E-state index in [1.54, 1.807) is 20.8 Å². The number of dihydropyridines is 1. The maximum Gasteiger partial charge on any atom is 0.337 e. The summed E-state index contributed by atoms with van der Waals surface area (Å²) in [5.41, 5.74) is 2.90. The lowest BCUT2D eigenvalue weighted by atomic mass is 9.79. The molecule has 0 saturated heterocycles. The van der Waals surface area contributed by atoms with Crippen LogP contribution in [-0.2, 0) is 19.1 Å². The van der Waals surface area contributed by atoms with Crippen LogP contribution in [0, 0.1) is 42.2 Å². The highest BCUT2D eigenvalue weighted by atomic mass is 16.6. The normalized spacial score (nSPS) is 15.0. The number of carbonyl (C=O) groups excluding carboxylic acids is 2. The number of rotatable bonds is 16. The van der Waals surface area contributed by atoms with Crippen LogP contribution in [0.15, 0.2) is 52.9 Å². The number of allylic oxidation sites excluding steroid dienone is 2. The van der Waals surface area contributed by atoms with Crippen molar-refractivity contribution in [2.45, 2.75) is 72.5 Å². The molecule has 0 radical (unpaired) electrons. The van der Waals surface area contributed by atoms with Gasteiger partial charge in [-0.2, -0.15) is 5.26 Å². The van der Waals surface area contributed by atoms with E-state index in [2.05, 4.69) is 10.6 Å². The average Bonchev–Trinajstić information content (AvgIpc) is 3.02. The maximum atomic E-state index is 13.4. The molecule has 0 amide bonds. The van der Waals surface area contributed by atoms with Gasteiger partial charge in [0.1, 0.15) is 36.0 Å². The number of unbranched alkanes of at least 4 members (excludes halogenated alkanes) is 1. The van der Waals surface area contributed by atoms with Gasteiger partial charge >= 0.3 is 11.9 Å². The molecule has 13 nitrogen and oxygen atoms in total. The number of benzene rings is 2.